The molecule has 8 heteroatoms. The topological polar surface area (TPSA) is 32.6 Å². The molecule has 0 aliphatic heterocycles. The number of nitrogens with zero attached hydrogens (tertiary/aromatic N) is 5. The van der Waals surface area contributed by atoms with E-state index in [1.807, 2.05) is 24.4 Å². The number of fused-ring (bicyclic) bond motifs is 18. The van der Waals surface area contributed by atoms with E-state index in [9.17, 15) is 0 Å². The van der Waals surface area contributed by atoms with Crippen molar-refractivity contribution >= 4 is 120 Å². The fraction of sp³-hybridized carbons (Fsp3) is 0.0533. The van der Waals surface area contributed by atoms with E-state index < -0.39 is 0 Å². The van der Waals surface area contributed by atoms with Gasteiger partial charge < -0.3 is 18.3 Å². The second kappa shape index (κ2) is 23.3. The second-order valence-corrected chi connectivity index (χ2v) is 21.1. The molecule has 0 atom stereocenters. The van der Waals surface area contributed by atoms with Gasteiger partial charge in [0.15, 0.2) is 0 Å². The molecular weight excluding hydrogens is 1240 g/mol. The Hall–Kier alpha value is -6.92. The molecule has 17 aromatic rings. The van der Waals surface area contributed by atoms with Crippen LogP contribution < -0.4 is 0 Å². The minimum absolute atomic E-state index is 0. The van der Waals surface area contributed by atoms with Crippen LogP contribution in [0.1, 0.15) is 5.56 Å². The van der Waals surface area contributed by atoms with E-state index >= 15 is 0 Å². The van der Waals surface area contributed by atoms with Crippen LogP contribution in [0.2, 0.25) is 0 Å². The van der Waals surface area contributed by atoms with Crippen molar-refractivity contribution in [3.63, 3.8) is 0 Å². The van der Waals surface area contributed by atoms with Crippen molar-refractivity contribution in [2.24, 2.45) is 21.1 Å². The molecule has 5 heterocycles. The molecule has 83 heavy (non-hydrogen) atoms. The average molecular weight is 1290 g/mol. The number of aryl methyl sites for hydroxylation is 4. The van der Waals surface area contributed by atoms with Crippen molar-refractivity contribution in [1.82, 2.24) is 23.3 Å². The SMILES string of the molecule is Cc1ccc2c([c-]cc3c4ccccc4n(C)c23)c1.Cn1c2ccccc2c2c[c-]c3cc(-c4ccc(-n5c6ccccc6c6ccccc65)cc4)ccc3c21.Cn1c2ccccc2c2c[c-]c3cc(-c4ccccn4)ccc3c21.[Y].[Y].[Y]. The predicted octanol–water partition coefficient (Wildman–Crippen LogP) is 19.0. The summed E-state index contributed by atoms with van der Waals surface area (Å²) in [5.74, 6) is 0. The molecule has 0 amide bonds. The molecule has 5 nitrogen and oxygen atoms in total. The van der Waals surface area contributed by atoms with Gasteiger partial charge in [-0.05, 0) is 105 Å². The molecule has 3 radical (unpaired) electrons. The van der Waals surface area contributed by atoms with Gasteiger partial charge in [0.25, 0.3) is 0 Å². The van der Waals surface area contributed by atoms with Gasteiger partial charge in [0.05, 0.1) is 16.7 Å². The Morgan fingerprint density at radius 2 is 0.675 bits per heavy atom. The Balaban J connectivity index is 0.000000128. The maximum absolute atomic E-state index is 4.45. The Kier molecular flexibility index (Phi) is 15.9. The van der Waals surface area contributed by atoms with E-state index in [1.54, 1.807) is 0 Å². The number of pyridine rings is 1. The predicted molar refractivity (Wildman–Crippen MR) is 338 cm³/mol. The van der Waals surface area contributed by atoms with Gasteiger partial charge in [0.1, 0.15) is 0 Å². The summed E-state index contributed by atoms with van der Waals surface area (Å²) in [4.78, 5) is 4.45. The molecule has 0 spiro atoms. The quantitative estimate of drug-likeness (QED) is 0.162. The van der Waals surface area contributed by atoms with Crippen LogP contribution in [-0.2, 0) is 119 Å². The Morgan fingerprint density at radius 1 is 0.313 bits per heavy atom. The molecule has 0 bridgehead atoms. The van der Waals surface area contributed by atoms with Crippen LogP contribution >= 0.6 is 0 Å². The molecule has 0 unspecified atom stereocenters. The molecule has 0 saturated heterocycles. The van der Waals surface area contributed by atoms with Crippen molar-refractivity contribution in [3.8, 4) is 28.1 Å². The van der Waals surface area contributed by atoms with E-state index in [0.717, 1.165) is 22.0 Å². The van der Waals surface area contributed by atoms with E-state index in [1.165, 1.54) is 131 Å². The van der Waals surface area contributed by atoms with Crippen LogP contribution in [0.5, 0.6) is 0 Å². The number of rotatable bonds is 3. The summed E-state index contributed by atoms with van der Waals surface area (Å²) in [6, 6.07) is 94.6. The maximum atomic E-state index is 4.45. The summed E-state index contributed by atoms with van der Waals surface area (Å²) >= 11 is 0. The van der Waals surface area contributed by atoms with Crippen molar-refractivity contribution in [2.75, 3.05) is 0 Å². The summed E-state index contributed by atoms with van der Waals surface area (Å²) in [6.07, 6.45) is 1.83. The summed E-state index contributed by atoms with van der Waals surface area (Å²) < 4.78 is 9.23. The smallest absolute Gasteiger partial charge is 0.0609 e. The zero-order chi connectivity index (χ0) is 53.6. The van der Waals surface area contributed by atoms with Crippen molar-refractivity contribution in [2.45, 2.75) is 6.92 Å². The van der Waals surface area contributed by atoms with Gasteiger partial charge in [-0.2, -0.15) is 0 Å². The van der Waals surface area contributed by atoms with Crippen molar-refractivity contribution in [1.29, 1.82) is 0 Å². The summed E-state index contributed by atoms with van der Waals surface area (Å²) in [5.41, 5.74) is 17.1. The summed E-state index contributed by atoms with van der Waals surface area (Å²) in [5, 5.41) is 17.4. The third-order valence-corrected chi connectivity index (χ3v) is 16.5. The molecule has 5 aromatic heterocycles. The molecule has 0 aliphatic carbocycles. The first-order valence-electron chi connectivity index (χ1n) is 27.3. The van der Waals surface area contributed by atoms with Crippen molar-refractivity contribution in [3.05, 3.63) is 267 Å². The largest absolute Gasteiger partial charge is 0.361 e. The van der Waals surface area contributed by atoms with Crippen molar-refractivity contribution < 1.29 is 98.1 Å². The molecule has 0 fully saturated rings. The fourth-order valence-corrected chi connectivity index (χ4v) is 12.7. The van der Waals surface area contributed by atoms with Crippen LogP contribution in [0, 0.1) is 25.1 Å². The van der Waals surface area contributed by atoms with Crippen LogP contribution in [0.3, 0.4) is 0 Å². The number of hydrogen-bond acceptors (Lipinski definition) is 1. The first-order valence-corrected chi connectivity index (χ1v) is 27.3. The second-order valence-electron chi connectivity index (χ2n) is 21.1. The van der Waals surface area contributed by atoms with Gasteiger partial charge in [-0.25, -0.2) is 0 Å². The van der Waals surface area contributed by atoms with Gasteiger partial charge in [0.2, 0.25) is 0 Å². The van der Waals surface area contributed by atoms with E-state index in [4.69, 9.17) is 0 Å². The number of para-hydroxylation sites is 5. The number of aromatic nitrogens is 5. The third-order valence-electron chi connectivity index (χ3n) is 16.5. The van der Waals surface area contributed by atoms with E-state index in [-0.39, 0.29) is 98.1 Å². The van der Waals surface area contributed by atoms with Gasteiger partial charge in [-0.3, -0.25) is 4.98 Å². The van der Waals surface area contributed by atoms with Crippen LogP contribution in [0.15, 0.2) is 243 Å². The normalized spacial score (nSPS) is 11.3. The number of hydrogen-bond donors (Lipinski definition) is 0. The summed E-state index contributed by atoms with van der Waals surface area (Å²) in [6.45, 7) is 2.12. The van der Waals surface area contributed by atoms with Gasteiger partial charge in [0, 0.05) is 158 Å². The molecular formula is C75H52N5Y3-3. The first kappa shape index (κ1) is 56.6. The zero-order valence-corrected chi connectivity index (χ0v) is 55.1. The Labute approximate surface area is 557 Å². The fourth-order valence-electron chi connectivity index (χ4n) is 12.7. The molecule has 0 N–H and O–H groups in total. The monoisotopic (exact) mass is 1290 g/mol. The molecule has 0 aliphatic rings. The maximum Gasteiger partial charge on any atom is 0.0609 e. The van der Waals surface area contributed by atoms with Crippen LogP contribution in [0.25, 0.3) is 148 Å². The van der Waals surface area contributed by atoms with Crippen LogP contribution in [0.4, 0.5) is 0 Å². The van der Waals surface area contributed by atoms with E-state index in [2.05, 4.69) is 288 Å². The zero-order valence-electron chi connectivity index (χ0n) is 46.6. The minimum atomic E-state index is 0. The molecule has 389 valence electrons. The molecule has 0 saturated carbocycles. The van der Waals surface area contributed by atoms with E-state index in [0.29, 0.717) is 0 Å². The Morgan fingerprint density at radius 3 is 1.12 bits per heavy atom. The van der Waals surface area contributed by atoms with Crippen LogP contribution in [-0.4, -0.2) is 23.3 Å². The van der Waals surface area contributed by atoms with Gasteiger partial charge in [-0.1, -0.05) is 189 Å². The third kappa shape index (κ3) is 9.63. The van der Waals surface area contributed by atoms with Gasteiger partial charge >= 0.3 is 0 Å². The molecule has 12 aromatic carbocycles. The number of benzene rings is 12. The standard InChI is InChI=1S/C35H23N2.C22H15N2.C18H14N.3Y/c1-36-32-11-5-2-10-30(32)31-21-17-25-22-24(16-20-27(25)35(31)36)23-14-18-26(19-15-23)37-33-12-6-3-8-28(33)29-9-4-7-13-34(29)37;1-24-21-8-3-2-6-18(21)19-12-9-15-14-16(10-11-17(15)22(19)24)20-7-4-5-13-23-20;1-12-7-9-14-13(11-12)8-10-16-15-5-3-4-6-17(15)19(2)18(14)16;;;/h2-16,18-22H,1H3;2-8,10-14H,1H3;3-7,9-11H,1-2H3;;;/q3*-1;;;. The minimum Gasteiger partial charge on any atom is -0.361 e. The Bertz CT molecular complexity index is 5250. The molecule has 17 rings (SSSR count). The van der Waals surface area contributed by atoms with Gasteiger partial charge in [-0.15, -0.1) is 70.8 Å². The average Bonchev–Trinajstić information content (AvgIpc) is 3.72. The first-order chi connectivity index (χ1) is 39.4. The summed E-state index contributed by atoms with van der Waals surface area (Å²) in [7, 11) is 6.44.